The Hall–Kier alpha value is -2.19. The average molecular weight is 338 g/mol. The first-order valence-corrected chi connectivity index (χ1v) is 7.61. The summed E-state index contributed by atoms with van der Waals surface area (Å²) in [5.41, 5.74) is 8.36. The molecule has 0 aliphatic heterocycles. The van der Waals surface area contributed by atoms with Gasteiger partial charge in [0.05, 0.1) is 13.2 Å². The number of primary amides is 1. The second-order valence-corrected chi connectivity index (χ2v) is 6.31. The number of rotatable bonds is 8. The summed E-state index contributed by atoms with van der Waals surface area (Å²) in [6, 6.07) is 5.12. The van der Waals surface area contributed by atoms with Gasteiger partial charge in [0.15, 0.2) is 0 Å². The largest absolute Gasteiger partial charge is 0.458 e. The number of carbonyl (C=O) groups is 2. The van der Waals surface area contributed by atoms with Crippen LogP contribution in [0.25, 0.3) is 0 Å². The van der Waals surface area contributed by atoms with E-state index in [-0.39, 0.29) is 19.8 Å². The van der Waals surface area contributed by atoms with Crippen molar-refractivity contribution in [3.63, 3.8) is 0 Å². The fourth-order valence-corrected chi connectivity index (χ4v) is 2.04. The van der Waals surface area contributed by atoms with Crippen molar-refractivity contribution in [3.05, 3.63) is 24.4 Å². The molecular weight excluding hydrogens is 312 g/mol. The van der Waals surface area contributed by atoms with Crippen molar-refractivity contribution in [3.8, 4) is 0 Å². The maximum atomic E-state index is 12.8. The second kappa shape index (κ2) is 8.07. The number of anilines is 1. The van der Waals surface area contributed by atoms with Crippen LogP contribution in [0.3, 0.4) is 0 Å². The lowest BCUT2D eigenvalue weighted by molar-refractivity contribution is -0.166. The van der Waals surface area contributed by atoms with Crippen LogP contribution < -0.4 is 16.4 Å². The summed E-state index contributed by atoms with van der Waals surface area (Å²) in [5.74, 6) is -1.30. The highest BCUT2D eigenvalue weighted by atomic mass is 16.6. The van der Waals surface area contributed by atoms with E-state index in [2.05, 4.69) is 4.98 Å². The molecule has 134 valence electrons. The van der Waals surface area contributed by atoms with Gasteiger partial charge in [0, 0.05) is 19.8 Å². The van der Waals surface area contributed by atoms with Gasteiger partial charge < -0.3 is 25.8 Å². The Labute approximate surface area is 142 Å². The van der Waals surface area contributed by atoms with Crippen molar-refractivity contribution in [2.75, 3.05) is 31.7 Å². The molecule has 0 aliphatic rings. The molecular formula is C16H26N4O4. The van der Waals surface area contributed by atoms with Crippen LogP contribution in [0.5, 0.6) is 0 Å². The summed E-state index contributed by atoms with van der Waals surface area (Å²) in [4.78, 5) is 30.7. The summed E-state index contributed by atoms with van der Waals surface area (Å²) >= 11 is 0. The smallest absolute Gasteiger partial charge is 0.344 e. The highest BCUT2D eigenvalue weighted by Crippen LogP contribution is 2.25. The van der Waals surface area contributed by atoms with E-state index in [9.17, 15) is 9.59 Å². The summed E-state index contributed by atoms with van der Waals surface area (Å²) < 4.78 is 10.8. The minimum atomic E-state index is -1.85. The van der Waals surface area contributed by atoms with E-state index >= 15 is 0 Å². The molecule has 1 amide bonds. The van der Waals surface area contributed by atoms with Crippen molar-refractivity contribution in [1.82, 2.24) is 4.98 Å². The van der Waals surface area contributed by atoms with Crippen LogP contribution in [0, 0.1) is 0 Å². The molecule has 0 aromatic carbocycles. The maximum Gasteiger partial charge on any atom is 0.344 e. The van der Waals surface area contributed by atoms with Gasteiger partial charge in [0.2, 0.25) is 5.54 Å². The van der Waals surface area contributed by atoms with Gasteiger partial charge in [0.1, 0.15) is 11.4 Å². The summed E-state index contributed by atoms with van der Waals surface area (Å²) in [6.45, 7) is 5.25. The number of hydrogen-bond donors (Lipinski definition) is 2. The van der Waals surface area contributed by atoms with Gasteiger partial charge in [-0.05, 0) is 32.9 Å². The lowest BCUT2D eigenvalue weighted by Gasteiger charge is -2.39. The van der Waals surface area contributed by atoms with Crippen LogP contribution >= 0.6 is 0 Å². The Morgan fingerprint density at radius 3 is 2.42 bits per heavy atom. The van der Waals surface area contributed by atoms with Crippen molar-refractivity contribution in [2.45, 2.75) is 31.9 Å². The normalized spacial score (nSPS) is 13.9. The zero-order chi connectivity index (χ0) is 18.4. The van der Waals surface area contributed by atoms with Crippen LogP contribution in [0.2, 0.25) is 0 Å². The minimum Gasteiger partial charge on any atom is -0.458 e. The summed E-state index contributed by atoms with van der Waals surface area (Å²) in [7, 11) is 1.54. The van der Waals surface area contributed by atoms with E-state index in [1.165, 1.54) is 4.90 Å². The Morgan fingerprint density at radius 1 is 1.29 bits per heavy atom. The van der Waals surface area contributed by atoms with E-state index < -0.39 is 23.0 Å². The zero-order valence-electron chi connectivity index (χ0n) is 14.6. The molecule has 0 spiro atoms. The molecule has 0 saturated carbocycles. The Bertz CT molecular complexity index is 559. The highest BCUT2D eigenvalue weighted by molar-refractivity contribution is 6.10. The molecule has 0 aliphatic carbocycles. The quantitative estimate of drug-likeness (QED) is 0.390. The molecule has 1 aromatic rings. The number of esters is 1. The van der Waals surface area contributed by atoms with Crippen molar-refractivity contribution >= 4 is 17.7 Å². The number of hydrogen-bond acceptors (Lipinski definition) is 7. The van der Waals surface area contributed by atoms with E-state index in [0.717, 1.165) is 0 Å². The van der Waals surface area contributed by atoms with Crippen molar-refractivity contribution < 1.29 is 19.1 Å². The van der Waals surface area contributed by atoms with Crippen molar-refractivity contribution in [1.29, 1.82) is 0 Å². The maximum absolute atomic E-state index is 12.8. The third-order valence-corrected chi connectivity index (χ3v) is 3.28. The lowest BCUT2D eigenvalue weighted by Crippen LogP contribution is -2.66. The fourth-order valence-electron chi connectivity index (χ4n) is 2.04. The summed E-state index contributed by atoms with van der Waals surface area (Å²) in [5, 5.41) is 0. The number of likely N-dealkylation sites (N-methyl/N-ethyl adjacent to an activating group) is 1. The van der Waals surface area contributed by atoms with Gasteiger partial charge in [-0.3, -0.25) is 4.79 Å². The van der Waals surface area contributed by atoms with Gasteiger partial charge in [-0.1, -0.05) is 6.07 Å². The molecule has 8 nitrogen and oxygen atoms in total. The standard InChI is InChI=1S/C16H26N4O4/c1-15(2,3)24-14(22)16(13(18)21,11-23-10-8-17)20(4)12-7-5-6-9-19-12/h5-7,9H,8,10-11,17H2,1-4H3,(H2,18,21)/t16-/m0/s1. The molecule has 8 heteroatoms. The molecule has 1 aromatic heterocycles. The Kier molecular flexibility index (Phi) is 6.68. The van der Waals surface area contributed by atoms with Crippen LogP contribution in [-0.2, 0) is 19.1 Å². The molecule has 1 heterocycles. The first-order chi connectivity index (χ1) is 11.1. The molecule has 0 unspecified atom stereocenters. The van der Waals surface area contributed by atoms with Crippen LogP contribution in [0.15, 0.2) is 24.4 Å². The SMILES string of the molecule is CN(c1ccccn1)[C@@](COCCN)(C(N)=O)C(=O)OC(C)(C)C. The third kappa shape index (κ3) is 4.65. The predicted molar refractivity (Wildman–Crippen MR) is 90.3 cm³/mol. The van der Waals surface area contributed by atoms with Gasteiger partial charge in [-0.2, -0.15) is 0 Å². The van der Waals surface area contributed by atoms with Crippen LogP contribution in [-0.4, -0.2) is 54.8 Å². The Morgan fingerprint density at radius 2 is 1.96 bits per heavy atom. The zero-order valence-corrected chi connectivity index (χ0v) is 14.6. The monoisotopic (exact) mass is 338 g/mol. The Balaban J connectivity index is 3.30. The minimum absolute atomic E-state index is 0.174. The predicted octanol–water partition coefficient (Wildman–Crippen LogP) is 0.0589. The van der Waals surface area contributed by atoms with Gasteiger partial charge >= 0.3 is 5.97 Å². The number of amides is 1. The van der Waals surface area contributed by atoms with E-state index in [0.29, 0.717) is 5.82 Å². The fraction of sp³-hybridized carbons (Fsp3) is 0.562. The second-order valence-electron chi connectivity index (χ2n) is 6.31. The van der Waals surface area contributed by atoms with Gasteiger partial charge in [-0.15, -0.1) is 0 Å². The number of carbonyl (C=O) groups excluding carboxylic acids is 2. The third-order valence-electron chi connectivity index (χ3n) is 3.28. The number of ether oxygens (including phenoxy) is 2. The van der Waals surface area contributed by atoms with Gasteiger partial charge in [0.25, 0.3) is 5.91 Å². The number of pyridine rings is 1. The van der Waals surface area contributed by atoms with Gasteiger partial charge in [-0.25, -0.2) is 9.78 Å². The molecule has 1 rings (SSSR count). The number of nitrogens with two attached hydrogens (primary N) is 2. The van der Waals surface area contributed by atoms with Crippen molar-refractivity contribution in [2.24, 2.45) is 11.5 Å². The van der Waals surface area contributed by atoms with Crippen LogP contribution in [0.1, 0.15) is 20.8 Å². The molecule has 0 bridgehead atoms. The molecule has 0 saturated heterocycles. The summed E-state index contributed by atoms with van der Waals surface area (Å²) in [6.07, 6.45) is 1.55. The van der Waals surface area contributed by atoms with E-state index in [1.807, 2.05) is 0 Å². The molecule has 1 atom stereocenters. The van der Waals surface area contributed by atoms with E-state index in [4.69, 9.17) is 20.9 Å². The first kappa shape index (κ1) is 19.9. The lowest BCUT2D eigenvalue weighted by atomic mass is 9.97. The molecule has 0 fully saturated rings. The first-order valence-electron chi connectivity index (χ1n) is 7.61. The number of aromatic nitrogens is 1. The average Bonchev–Trinajstić information content (AvgIpc) is 2.50. The topological polar surface area (TPSA) is 121 Å². The highest BCUT2D eigenvalue weighted by Gasteiger charge is 2.52. The van der Waals surface area contributed by atoms with E-state index in [1.54, 1.807) is 52.2 Å². The number of nitrogens with zero attached hydrogens (tertiary/aromatic N) is 2. The molecule has 24 heavy (non-hydrogen) atoms. The molecule has 4 N–H and O–H groups in total. The van der Waals surface area contributed by atoms with Crippen LogP contribution in [0.4, 0.5) is 5.82 Å². The molecule has 0 radical (unpaired) electrons.